The number of hydrogen-bond donors (Lipinski definition) is 1. The lowest BCUT2D eigenvalue weighted by molar-refractivity contribution is -0.147. The summed E-state index contributed by atoms with van der Waals surface area (Å²) >= 11 is 6.09. The molecule has 5 rings (SSSR count). The van der Waals surface area contributed by atoms with Crippen LogP contribution < -0.4 is 5.32 Å². The van der Waals surface area contributed by atoms with E-state index in [1.165, 1.54) is 50.5 Å². The fourth-order valence-corrected chi connectivity index (χ4v) is 8.84. The van der Waals surface area contributed by atoms with Gasteiger partial charge in [0.25, 0.3) is 0 Å². The molecule has 1 aliphatic heterocycles. The van der Waals surface area contributed by atoms with Gasteiger partial charge in [-0.3, -0.25) is 4.79 Å². The number of carbonyl (C=O) groups is 1. The van der Waals surface area contributed by atoms with E-state index < -0.39 is 0 Å². The zero-order valence-electron chi connectivity index (χ0n) is 19.6. The standard InChI is InChI=1S/C28H40ClNO/c1-18(19-7-10-21(29)11-8-19)6-9-20-17-26(31)30-25-13-12-22-23-5-4-15-27(23,2)16-14-24(22)28(20,25)3/h7-8,10-11,18,20,22-25H,4-6,9,12-17H2,1-3H3,(H,30,31)/t18?,20?,22-,23-,24-,25+,27-,28+/m0/s1. The van der Waals surface area contributed by atoms with Gasteiger partial charge in [0, 0.05) is 17.5 Å². The number of carbonyl (C=O) groups excluding carboxylic acids is 1. The number of rotatable bonds is 4. The molecule has 0 bridgehead atoms. The van der Waals surface area contributed by atoms with Crippen molar-refractivity contribution >= 4 is 17.5 Å². The van der Waals surface area contributed by atoms with Gasteiger partial charge in [0.05, 0.1) is 0 Å². The van der Waals surface area contributed by atoms with Crippen LogP contribution in [-0.2, 0) is 4.79 Å². The van der Waals surface area contributed by atoms with Crippen molar-refractivity contribution in [2.24, 2.45) is 34.5 Å². The Morgan fingerprint density at radius 2 is 1.84 bits per heavy atom. The minimum Gasteiger partial charge on any atom is -0.353 e. The average molecular weight is 442 g/mol. The molecule has 3 saturated carbocycles. The van der Waals surface area contributed by atoms with E-state index in [1.54, 1.807) is 0 Å². The molecular weight excluding hydrogens is 402 g/mol. The highest BCUT2D eigenvalue weighted by Gasteiger charge is 2.60. The fraction of sp³-hybridized carbons (Fsp3) is 0.750. The normalized spacial score (nSPS) is 42.8. The summed E-state index contributed by atoms with van der Waals surface area (Å²) in [5, 5.41) is 4.27. The summed E-state index contributed by atoms with van der Waals surface area (Å²) in [5.74, 6) is 3.92. The third-order valence-electron chi connectivity index (χ3n) is 10.6. The van der Waals surface area contributed by atoms with Gasteiger partial charge in [-0.15, -0.1) is 0 Å². The lowest BCUT2D eigenvalue weighted by atomic mass is 9.45. The van der Waals surface area contributed by atoms with Crippen LogP contribution in [0.4, 0.5) is 0 Å². The van der Waals surface area contributed by atoms with Gasteiger partial charge in [-0.05, 0) is 109 Å². The van der Waals surface area contributed by atoms with E-state index in [2.05, 4.69) is 38.2 Å². The SMILES string of the molecule is CC(CCC1CC(=O)N[C@@H]2CC[C@H]3[C@@H]4CCC[C@@]4(C)CC[C@@H]3[C@@]12C)c1ccc(Cl)cc1. The number of piperidine rings is 1. The van der Waals surface area contributed by atoms with Crippen LogP contribution in [0.2, 0.25) is 5.02 Å². The first-order valence-electron chi connectivity index (χ1n) is 12.9. The van der Waals surface area contributed by atoms with Gasteiger partial charge in [0.1, 0.15) is 0 Å². The van der Waals surface area contributed by atoms with Gasteiger partial charge in [-0.1, -0.05) is 50.9 Å². The molecule has 0 aromatic heterocycles. The van der Waals surface area contributed by atoms with Crippen molar-refractivity contribution in [2.45, 2.75) is 96.9 Å². The van der Waals surface area contributed by atoms with Crippen LogP contribution in [0, 0.1) is 34.5 Å². The maximum Gasteiger partial charge on any atom is 0.220 e. The predicted molar refractivity (Wildman–Crippen MR) is 128 cm³/mol. The molecule has 2 unspecified atom stereocenters. The number of fused-ring (bicyclic) bond motifs is 5. The fourth-order valence-electron chi connectivity index (χ4n) is 8.72. The van der Waals surface area contributed by atoms with Crippen molar-refractivity contribution in [3.05, 3.63) is 34.9 Å². The molecule has 1 N–H and O–H groups in total. The minimum atomic E-state index is 0.264. The van der Waals surface area contributed by atoms with Crippen molar-refractivity contribution in [1.29, 1.82) is 0 Å². The number of nitrogens with one attached hydrogen (secondary N) is 1. The van der Waals surface area contributed by atoms with Crippen LogP contribution in [0.5, 0.6) is 0 Å². The van der Waals surface area contributed by atoms with Crippen LogP contribution in [0.1, 0.15) is 96.5 Å². The molecule has 3 aliphatic carbocycles. The minimum absolute atomic E-state index is 0.264. The monoisotopic (exact) mass is 441 g/mol. The second-order valence-electron chi connectivity index (χ2n) is 12.0. The largest absolute Gasteiger partial charge is 0.353 e. The van der Waals surface area contributed by atoms with Crippen LogP contribution in [0.15, 0.2) is 24.3 Å². The summed E-state index contributed by atoms with van der Waals surface area (Å²) in [6.07, 6.45) is 12.7. The number of halogens is 1. The predicted octanol–water partition coefficient (Wildman–Crippen LogP) is 7.36. The Bertz CT molecular complexity index is 821. The third kappa shape index (κ3) is 3.65. The summed E-state index contributed by atoms with van der Waals surface area (Å²) in [6.45, 7) is 7.49. The van der Waals surface area contributed by atoms with Crippen molar-refractivity contribution in [2.75, 3.05) is 0 Å². The van der Waals surface area contributed by atoms with E-state index in [4.69, 9.17) is 11.6 Å². The Hall–Kier alpha value is -1.02. The van der Waals surface area contributed by atoms with Gasteiger partial charge >= 0.3 is 0 Å². The summed E-state index contributed by atoms with van der Waals surface area (Å²) in [5.41, 5.74) is 2.23. The topological polar surface area (TPSA) is 29.1 Å². The summed E-state index contributed by atoms with van der Waals surface area (Å²) < 4.78 is 0. The summed E-state index contributed by atoms with van der Waals surface area (Å²) in [7, 11) is 0. The summed E-state index contributed by atoms with van der Waals surface area (Å²) in [4.78, 5) is 12.7. The Labute approximate surface area is 193 Å². The molecule has 3 heteroatoms. The van der Waals surface area contributed by atoms with Crippen LogP contribution >= 0.6 is 11.6 Å². The quantitative estimate of drug-likeness (QED) is 0.519. The van der Waals surface area contributed by atoms with E-state index >= 15 is 0 Å². The van der Waals surface area contributed by atoms with Gasteiger partial charge in [0.2, 0.25) is 5.91 Å². The van der Waals surface area contributed by atoms with Gasteiger partial charge in [-0.2, -0.15) is 0 Å². The zero-order chi connectivity index (χ0) is 21.8. The molecule has 1 saturated heterocycles. The van der Waals surface area contributed by atoms with Crippen molar-refractivity contribution in [3.8, 4) is 0 Å². The Kier molecular flexibility index (Phi) is 5.69. The molecule has 2 nitrogen and oxygen atoms in total. The highest BCUT2D eigenvalue weighted by atomic mass is 35.5. The molecule has 1 heterocycles. The van der Waals surface area contributed by atoms with Gasteiger partial charge in [-0.25, -0.2) is 0 Å². The van der Waals surface area contributed by atoms with Crippen LogP contribution in [0.3, 0.4) is 0 Å². The van der Waals surface area contributed by atoms with E-state index in [0.717, 1.165) is 42.0 Å². The molecule has 0 radical (unpaired) electrons. The molecule has 1 aromatic carbocycles. The Morgan fingerprint density at radius 1 is 1.06 bits per heavy atom. The highest BCUT2D eigenvalue weighted by Crippen LogP contribution is 2.65. The molecule has 170 valence electrons. The second kappa shape index (κ2) is 8.08. The third-order valence-corrected chi connectivity index (χ3v) is 10.8. The first-order chi connectivity index (χ1) is 14.8. The van der Waals surface area contributed by atoms with Crippen molar-refractivity contribution in [1.82, 2.24) is 5.32 Å². The lowest BCUT2D eigenvalue weighted by Gasteiger charge is -2.62. The first kappa shape index (κ1) is 21.8. The van der Waals surface area contributed by atoms with Gasteiger partial charge in [0.15, 0.2) is 0 Å². The molecule has 4 aliphatic rings. The molecule has 1 aromatic rings. The molecule has 31 heavy (non-hydrogen) atoms. The van der Waals surface area contributed by atoms with Crippen LogP contribution in [-0.4, -0.2) is 11.9 Å². The van der Waals surface area contributed by atoms with Gasteiger partial charge < -0.3 is 5.32 Å². The van der Waals surface area contributed by atoms with Crippen molar-refractivity contribution in [3.63, 3.8) is 0 Å². The number of benzene rings is 1. The average Bonchev–Trinajstić information content (AvgIpc) is 3.15. The Morgan fingerprint density at radius 3 is 2.61 bits per heavy atom. The second-order valence-corrected chi connectivity index (χ2v) is 12.4. The lowest BCUT2D eigenvalue weighted by Crippen LogP contribution is -2.64. The van der Waals surface area contributed by atoms with E-state index in [9.17, 15) is 4.79 Å². The zero-order valence-corrected chi connectivity index (χ0v) is 20.4. The summed E-state index contributed by atoms with van der Waals surface area (Å²) in [6, 6.07) is 8.74. The van der Waals surface area contributed by atoms with Crippen molar-refractivity contribution < 1.29 is 4.79 Å². The van der Waals surface area contributed by atoms with E-state index in [1.807, 2.05) is 12.1 Å². The first-order valence-corrected chi connectivity index (χ1v) is 13.2. The molecule has 4 fully saturated rings. The Balaban J connectivity index is 1.36. The van der Waals surface area contributed by atoms with Crippen LogP contribution in [0.25, 0.3) is 0 Å². The smallest absolute Gasteiger partial charge is 0.220 e. The van der Waals surface area contributed by atoms with E-state index in [-0.39, 0.29) is 5.41 Å². The molecule has 8 atom stereocenters. The molecule has 1 amide bonds. The maximum absolute atomic E-state index is 12.7. The molecule has 0 spiro atoms. The number of amides is 1. The number of hydrogen-bond acceptors (Lipinski definition) is 1. The van der Waals surface area contributed by atoms with E-state index in [0.29, 0.717) is 29.2 Å². The maximum atomic E-state index is 12.7. The molecular formula is C28H40ClNO. The highest BCUT2D eigenvalue weighted by molar-refractivity contribution is 6.30.